The highest BCUT2D eigenvalue weighted by Gasteiger charge is 2.16. The third-order valence-corrected chi connectivity index (χ3v) is 8.15. The van der Waals surface area contributed by atoms with Gasteiger partial charge in [0.2, 0.25) is 0 Å². The van der Waals surface area contributed by atoms with Gasteiger partial charge in [-0.05, 0) is 35.9 Å². The Kier molecular flexibility index (Phi) is 5.43. The van der Waals surface area contributed by atoms with Crippen molar-refractivity contribution in [3.8, 4) is 45.3 Å². The Hall–Kier alpha value is -6.07. The first-order valence-corrected chi connectivity index (χ1v) is 14.5. The molecular formula is C39H23N3O2. The van der Waals surface area contributed by atoms with Crippen molar-refractivity contribution in [1.29, 1.82) is 0 Å². The van der Waals surface area contributed by atoms with Gasteiger partial charge in [0.25, 0.3) is 0 Å². The number of hydrogen-bond acceptors (Lipinski definition) is 5. The van der Waals surface area contributed by atoms with E-state index in [4.69, 9.17) is 23.8 Å². The zero-order chi connectivity index (χ0) is 29.0. The van der Waals surface area contributed by atoms with Crippen LogP contribution in [0.15, 0.2) is 148 Å². The molecule has 0 aliphatic heterocycles. The number of hydrogen-bond donors (Lipinski definition) is 0. The molecule has 0 saturated carbocycles. The highest BCUT2D eigenvalue weighted by molar-refractivity contribution is 6.11. The number of fused-ring (bicyclic) bond motifs is 6. The van der Waals surface area contributed by atoms with E-state index in [0.717, 1.165) is 71.7 Å². The largest absolute Gasteiger partial charge is 0.456 e. The summed E-state index contributed by atoms with van der Waals surface area (Å²) >= 11 is 0. The van der Waals surface area contributed by atoms with Gasteiger partial charge in [-0.15, -0.1) is 0 Å². The lowest BCUT2D eigenvalue weighted by molar-refractivity contribution is 0.668. The molecule has 6 aromatic carbocycles. The lowest BCUT2D eigenvalue weighted by atomic mass is 10.0. The van der Waals surface area contributed by atoms with Gasteiger partial charge < -0.3 is 8.83 Å². The molecule has 0 N–H and O–H groups in total. The van der Waals surface area contributed by atoms with Gasteiger partial charge in [-0.2, -0.15) is 0 Å². The summed E-state index contributed by atoms with van der Waals surface area (Å²) < 4.78 is 12.8. The maximum atomic E-state index is 6.48. The van der Waals surface area contributed by atoms with Gasteiger partial charge in [0, 0.05) is 43.8 Å². The van der Waals surface area contributed by atoms with E-state index in [-0.39, 0.29) is 0 Å². The van der Waals surface area contributed by atoms with Crippen molar-refractivity contribution in [2.45, 2.75) is 0 Å². The molecule has 0 bridgehead atoms. The fraction of sp³-hybridized carbons (Fsp3) is 0. The minimum Gasteiger partial charge on any atom is -0.456 e. The average molecular weight is 566 g/mol. The first kappa shape index (κ1) is 24.5. The molecule has 0 unspecified atom stereocenters. The summed E-state index contributed by atoms with van der Waals surface area (Å²) in [6.07, 6.45) is 0. The van der Waals surface area contributed by atoms with E-state index in [2.05, 4.69) is 54.6 Å². The Bertz CT molecular complexity index is 2440. The zero-order valence-electron chi connectivity index (χ0n) is 23.4. The predicted molar refractivity (Wildman–Crippen MR) is 176 cm³/mol. The molecular weight excluding hydrogens is 542 g/mol. The van der Waals surface area contributed by atoms with E-state index in [1.165, 1.54) is 0 Å². The third kappa shape index (κ3) is 3.98. The lowest BCUT2D eigenvalue weighted by Gasteiger charge is -2.08. The van der Waals surface area contributed by atoms with Crippen LogP contribution in [0.2, 0.25) is 0 Å². The molecule has 0 atom stereocenters. The van der Waals surface area contributed by atoms with E-state index < -0.39 is 0 Å². The number of benzene rings is 6. The maximum absolute atomic E-state index is 6.48. The van der Waals surface area contributed by atoms with Crippen LogP contribution in [0.25, 0.3) is 89.2 Å². The second-order valence-corrected chi connectivity index (χ2v) is 10.8. The van der Waals surface area contributed by atoms with Gasteiger partial charge in [-0.1, -0.05) is 109 Å². The summed E-state index contributed by atoms with van der Waals surface area (Å²) in [6.45, 7) is 0. The summed E-state index contributed by atoms with van der Waals surface area (Å²) in [5.74, 6) is 1.85. The number of aromatic nitrogens is 3. The van der Waals surface area contributed by atoms with E-state index in [0.29, 0.717) is 17.5 Å². The van der Waals surface area contributed by atoms with Crippen LogP contribution in [0.1, 0.15) is 0 Å². The standard InChI is InChI=1S/C39H23N3O2/c1-3-10-24(11-4-1)37-40-38(25-12-5-2-6-13-25)42-39(41-37)27-19-21-31-30-20-18-26(22-34(30)43-35(31)23-27)28-15-9-16-32-29-14-7-8-17-33(29)44-36(28)32/h1-23H. The number of rotatable bonds is 4. The van der Waals surface area contributed by atoms with Crippen LogP contribution in [-0.4, -0.2) is 15.0 Å². The van der Waals surface area contributed by atoms with Crippen molar-refractivity contribution in [1.82, 2.24) is 15.0 Å². The molecule has 206 valence electrons. The van der Waals surface area contributed by atoms with Crippen LogP contribution in [0.4, 0.5) is 0 Å². The predicted octanol–water partition coefficient (Wildman–Crippen LogP) is 10.3. The Balaban J connectivity index is 1.17. The second kappa shape index (κ2) is 9.75. The number of nitrogens with zero attached hydrogens (tertiary/aromatic N) is 3. The van der Waals surface area contributed by atoms with Gasteiger partial charge in [0.1, 0.15) is 22.3 Å². The highest BCUT2D eigenvalue weighted by Crippen LogP contribution is 2.39. The number of furan rings is 2. The van der Waals surface area contributed by atoms with E-state index >= 15 is 0 Å². The first-order chi connectivity index (χ1) is 21.8. The van der Waals surface area contributed by atoms with Crippen molar-refractivity contribution in [3.05, 3.63) is 140 Å². The summed E-state index contributed by atoms with van der Waals surface area (Å²) in [4.78, 5) is 14.6. The summed E-state index contributed by atoms with van der Waals surface area (Å²) in [5, 5.41) is 4.32. The molecule has 3 heterocycles. The van der Waals surface area contributed by atoms with Crippen LogP contribution < -0.4 is 0 Å². The van der Waals surface area contributed by atoms with Crippen LogP contribution in [-0.2, 0) is 0 Å². The molecule has 44 heavy (non-hydrogen) atoms. The number of para-hydroxylation sites is 2. The van der Waals surface area contributed by atoms with Gasteiger partial charge in [-0.25, -0.2) is 15.0 Å². The molecule has 0 spiro atoms. The fourth-order valence-corrected chi connectivity index (χ4v) is 6.00. The van der Waals surface area contributed by atoms with Crippen molar-refractivity contribution in [2.24, 2.45) is 0 Å². The van der Waals surface area contributed by atoms with Crippen LogP contribution in [0.5, 0.6) is 0 Å². The topological polar surface area (TPSA) is 65.0 Å². The van der Waals surface area contributed by atoms with Gasteiger partial charge in [0.15, 0.2) is 17.5 Å². The minimum absolute atomic E-state index is 0.595. The lowest BCUT2D eigenvalue weighted by Crippen LogP contribution is -2.00. The molecule has 0 aliphatic carbocycles. The molecule has 9 aromatic rings. The molecule has 0 fully saturated rings. The average Bonchev–Trinajstić information content (AvgIpc) is 3.66. The van der Waals surface area contributed by atoms with Crippen LogP contribution in [0.3, 0.4) is 0 Å². The Morgan fingerprint density at radius 1 is 0.341 bits per heavy atom. The molecule has 0 saturated heterocycles. The quantitative estimate of drug-likeness (QED) is 0.212. The van der Waals surface area contributed by atoms with Crippen LogP contribution in [0, 0.1) is 0 Å². The fourth-order valence-electron chi connectivity index (χ4n) is 6.00. The second-order valence-electron chi connectivity index (χ2n) is 10.8. The maximum Gasteiger partial charge on any atom is 0.164 e. The molecule has 0 radical (unpaired) electrons. The Morgan fingerprint density at radius 3 is 1.55 bits per heavy atom. The Labute approximate surface area is 252 Å². The van der Waals surface area contributed by atoms with Crippen molar-refractivity contribution in [3.63, 3.8) is 0 Å². The molecule has 5 heteroatoms. The van der Waals surface area contributed by atoms with Gasteiger partial charge in [0.05, 0.1) is 0 Å². The van der Waals surface area contributed by atoms with Gasteiger partial charge in [-0.3, -0.25) is 0 Å². The SMILES string of the molecule is c1ccc(-c2nc(-c3ccccc3)nc(-c3ccc4c(c3)oc3cc(-c5cccc6c5oc5ccccc56)ccc34)n2)cc1. The Morgan fingerprint density at radius 2 is 0.864 bits per heavy atom. The summed E-state index contributed by atoms with van der Waals surface area (Å²) in [7, 11) is 0. The molecule has 9 rings (SSSR count). The summed E-state index contributed by atoms with van der Waals surface area (Å²) in [5.41, 5.74) is 8.16. The monoisotopic (exact) mass is 565 g/mol. The molecule has 3 aromatic heterocycles. The third-order valence-electron chi connectivity index (χ3n) is 8.15. The first-order valence-electron chi connectivity index (χ1n) is 14.5. The normalized spacial score (nSPS) is 11.6. The van der Waals surface area contributed by atoms with E-state index in [9.17, 15) is 0 Å². The van der Waals surface area contributed by atoms with Gasteiger partial charge >= 0.3 is 0 Å². The molecule has 0 aliphatic rings. The smallest absolute Gasteiger partial charge is 0.164 e. The van der Waals surface area contributed by atoms with Crippen LogP contribution >= 0.6 is 0 Å². The zero-order valence-corrected chi connectivity index (χ0v) is 23.4. The molecule has 5 nitrogen and oxygen atoms in total. The highest BCUT2D eigenvalue weighted by atomic mass is 16.3. The van der Waals surface area contributed by atoms with Crippen molar-refractivity contribution in [2.75, 3.05) is 0 Å². The van der Waals surface area contributed by atoms with E-state index in [1.54, 1.807) is 0 Å². The van der Waals surface area contributed by atoms with Crippen molar-refractivity contribution < 1.29 is 8.83 Å². The minimum atomic E-state index is 0.595. The summed E-state index contributed by atoms with van der Waals surface area (Å²) in [6, 6.07) is 47.0. The van der Waals surface area contributed by atoms with E-state index in [1.807, 2.05) is 84.9 Å². The van der Waals surface area contributed by atoms with Crippen molar-refractivity contribution >= 4 is 43.9 Å². The molecule has 0 amide bonds.